The molecule has 1 fully saturated rings. The molecule has 2 aromatic rings. The molecule has 0 aliphatic heterocycles. The van der Waals surface area contributed by atoms with E-state index in [1.807, 2.05) is 6.92 Å². The summed E-state index contributed by atoms with van der Waals surface area (Å²) in [5, 5.41) is 0. The highest BCUT2D eigenvalue weighted by Crippen LogP contribution is 2.28. The molecule has 1 heterocycles. The summed E-state index contributed by atoms with van der Waals surface area (Å²) in [6.45, 7) is 2.41. The number of carbonyl (C=O) groups is 1. The molecule has 112 valence electrons. The maximum absolute atomic E-state index is 12.5. The van der Waals surface area contributed by atoms with Gasteiger partial charge in [0.05, 0.1) is 16.6 Å². The molecule has 1 aliphatic rings. The molecule has 0 spiro atoms. The molecule has 1 aromatic carbocycles. The summed E-state index contributed by atoms with van der Waals surface area (Å²) < 4.78 is 33.1. The van der Waals surface area contributed by atoms with Crippen molar-refractivity contribution in [3.05, 3.63) is 18.2 Å². The first-order valence-corrected chi connectivity index (χ1v) is 9.14. The van der Waals surface area contributed by atoms with Crippen LogP contribution in [0.1, 0.15) is 19.8 Å². The van der Waals surface area contributed by atoms with Gasteiger partial charge in [0.15, 0.2) is 9.84 Å². The molecule has 8 heteroatoms. The van der Waals surface area contributed by atoms with E-state index < -0.39 is 15.6 Å². The number of benzene rings is 1. The van der Waals surface area contributed by atoms with Crippen molar-refractivity contribution in [1.82, 2.24) is 13.6 Å². The predicted molar refractivity (Wildman–Crippen MR) is 79.9 cm³/mol. The molecule has 1 aliphatic carbocycles. The van der Waals surface area contributed by atoms with E-state index in [9.17, 15) is 13.2 Å². The molecule has 0 atom stereocenters. The van der Waals surface area contributed by atoms with Gasteiger partial charge in [0.1, 0.15) is 16.8 Å². The zero-order valence-electron chi connectivity index (χ0n) is 11.5. The summed E-state index contributed by atoms with van der Waals surface area (Å²) in [7, 11) is -3.70. The highest BCUT2D eigenvalue weighted by molar-refractivity contribution is 7.92. The van der Waals surface area contributed by atoms with Crippen molar-refractivity contribution in [3.63, 3.8) is 0 Å². The van der Waals surface area contributed by atoms with Crippen molar-refractivity contribution in [2.45, 2.75) is 30.7 Å². The molecule has 3 rings (SSSR count). The van der Waals surface area contributed by atoms with Crippen molar-refractivity contribution in [2.24, 2.45) is 0 Å². The minimum absolute atomic E-state index is 0.0916. The first-order chi connectivity index (χ1) is 10.0. The number of amides is 1. The van der Waals surface area contributed by atoms with Crippen LogP contribution in [0.5, 0.6) is 0 Å². The Kier molecular flexibility index (Phi) is 3.66. The van der Waals surface area contributed by atoms with Crippen LogP contribution in [-0.4, -0.2) is 46.3 Å². The third kappa shape index (κ3) is 2.77. The van der Waals surface area contributed by atoms with Gasteiger partial charge in [-0.2, -0.15) is 8.75 Å². The highest BCUT2D eigenvalue weighted by atomic mass is 32.2. The van der Waals surface area contributed by atoms with Gasteiger partial charge in [-0.25, -0.2) is 8.42 Å². The number of rotatable bonds is 5. The largest absolute Gasteiger partial charge is 0.339 e. The molecule has 1 saturated carbocycles. The second-order valence-electron chi connectivity index (χ2n) is 5.06. The first kappa shape index (κ1) is 14.4. The van der Waals surface area contributed by atoms with Gasteiger partial charge >= 0.3 is 0 Å². The van der Waals surface area contributed by atoms with Gasteiger partial charge in [-0.1, -0.05) is 6.07 Å². The highest BCUT2D eigenvalue weighted by Gasteiger charge is 2.34. The van der Waals surface area contributed by atoms with Crippen molar-refractivity contribution >= 4 is 38.5 Å². The van der Waals surface area contributed by atoms with Crippen molar-refractivity contribution < 1.29 is 13.2 Å². The molecule has 0 radical (unpaired) electrons. The van der Waals surface area contributed by atoms with E-state index in [-0.39, 0.29) is 16.8 Å². The average Bonchev–Trinajstić information content (AvgIpc) is 3.14. The molecular weight excluding hydrogens is 310 g/mol. The van der Waals surface area contributed by atoms with Gasteiger partial charge in [0, 0.05) is 12.6 Å². The fourth-order valence-electron chi connectivity index (χ4n) is 2.38. The molecule has 1 aromatic heterocycles. The van der Waals surface area contributed by atoms with E-state index in [0.29, 0.717) is 17.6 Å². The Morgan fingerprint density at radius 3 is 2.81 bits per heavy atom. The molecule has 0 bridgehead atoms. The molecule has 6 nitrogen and oxygen atoms in total. The summed E-state index contributed by atoms with van der Waals surface area (Å²) >= 11 is 0.968. The van der Waals surface area contributed by atoms with Crippen LogP contribution in [0.15, 0.2) is 23.1 Å². The maximum Gasteiger partial charge on any atom is 0.238 e. The predicted octanol–water partition coefficient (Wildman–Crippen LogP) is 1.48. The van der Waals surface area contributed by atoms with Gasteiger partial charge in [0.2, 0.25) is 5.91 Å². The maximum atomic E-state index is 12.5. The van der Waals surface area contributed by atoms with Gasteiger partial charge in [-0.15, -0.1) is 0 Å². The van der Waals surface area contributed by atoms with Crippen molar-refractivity contribution in [2.75, 3.05) is 12.3 Å². The van der Waals surface area contributed by atoms with E-state index in [0.717, 1.165) is 24.6 Å². The normalized spacial score (nSPS) is 15.3. The lowest BCUT2D eigenvalue weighted by atomic mass is 10.3. The standard InChI is InChI=1S/C13H15N3O3S2/c1-2-16(9-6-7-9)12(17)8-21(18,19)11-5-3-4-10-13(11)15-20-14-10/h3-5,9H,2,6-8H2,1H3. The number of sulfone groups is 1. The van der Waals surface area contributed by atoms with Gasteiger partial charge in [-0.05, 0) is 31.9 Å². The van der Waals surface area contributed by atoms with E-state index in [2.05, 4.69) is 8.75 Å². The third-order valence-electron chi connectivity index (χ3n) is 3.55. The summed E-state index contributed by atoms with van der Waals surface area (Å²) in [5.41, 5.74) is 0.896. The molecule has 0 saturated heterocycles. The third-order valence-corrected chi connectivity index (χ3v) is 5.72. The molecule has 0 unspecified atom stereocenters. The van der Waals surface area contributed by atoms with Crippen LogP contribution in [-0.2, 0) is 14.6 Å². The Hall–Kier alpha value is -1.54. The molecule has 0 N–H and O–H groups in total. The van der Waals surface area contributed by atoms with Crippen LogP contribution in [0.4, 0.5) is 0 Å². The fraction of sp³-hybridized carbons (Fsp3) is 0.462. The minimum atomic E-state index is -3.70. The second kappa shape index (κ2) is 5.34. The van der Waals surface area contributed by atoms with Gasteiger partial charge in [0.25, 0.3) is 0 Å². The molecule has 1 amide bonds. The topological polar surface area (TPSA) is 80.2 Å². The van der Waals surface area contributed by atoms with Crippen LogP contribution in [0.2, 0.25) is 0 Å². The summed E-state index contributed by atoms with van der Waals surface area (Å²) in [6.07, 6.45) is 1.93. The van der Waals surface area contributed by atoms with Crippen molar-refractivity contribution in [1.29, 1.82) is 0 Å². The van der Waals surface area contributed by atoms with Crippen LogP contribution in [0.3, 0.4) is 0 Å². The first-order valence-electron chi connectivity index (χ1n) is 6.76. The van der Waals surface area contributed by atoms with Crippen LogP contribution < -0.4 is 0 Å². The Bertz CT molecular complexity index is 781. The SMILES string of the molecule is CCN(C(=O)CS(=O)(=O)c1cccc2nsnc12)C1CC1. The quantitative estimate of drug-likeness (QED) is 0.832. The van der Waals surface area contributed by atoms with E-state index in [1.165, 1.54) is 6.07 Å². The number of nitrogens with zero attached hydrogens (tertiary/aromatic N) is 3. The minimum Gasteiger partial charge on any atom is -0.339 e. The summed E-state index contributed by atoms with van der Waals surface area (Å²) in [4.78, 5) is 14.0. The Morgan fingerprint density at radius 1 is 1.38 bits per heavy atom. The van der Waals surface area contributed by atoms with Crippen molar-refractivity contribution in [3.8, 4) is 0 Å². The van der Waals surface area contributed by atoms with E-state index >= 15 is 0 Å². The Labute approximate surface area is 127 Å². The summed E-state index contributed by atoms with van der Waals surface area (Å²) in [6, 6.07) is 5.04. The smallest absolute Gasteiger partial charge is 0.238 e. The lowest BCUT2D eigenvalue weighted by Crippen LogP contribution is -2.37. The number of fused-ring (bicyclic) bond motifs is 1. The van der Waals surface area contributed by atoms with Gasteiger partial charge in [-0.3, -0.25) is 4.79 Å². The number of carbonyl (C=O) groups excluding carboxylic acids is 1. The monoisotopic (exact) mass is 325 g/mol. The zero-order chi connectivity index (χ0) is 15.0. The van der Waals surface area contributed by atoms with E-state index in [1.54, 1.807) is 17.0 Å². The lowest BCUT2D eigenvalue weighted by molar-refractivity contribution is -0.128. The Morgan fingerprint density at radius 2 is 2.14 bits per heavy atom. The van der Waals surface area contributed by atoms with E-state index in [4.69, 9.17) is 0 Å². The van der Waals surface area contributed by atoms with Crippen LogP contribution >= 0.6 is 11.7 Å². The number of hydrogen-bond donors (Lipinski definition) is 0. The lowest BCUT2D eigenvalue weighted by Gasteiger charge is -2.20. The number of hydrogen-bond acceptors (Lipinski definition) is 6. The Balaban J connectivity index is 1.90. The number of aromatic nitrogens is 2. The fourth-order valence-corrected chi connectivity index (χ4v) is 4.36. The van der Waals surface area contributed by atoms with Gasteiger partial charge < -0.3 is 4.90 Å². The average molecular weight is 325 g/mol. The zero-order valence-corrected chi connectivity index (χ0v) is 13.2. The van der Waals surface area contributed by atoms with Crippen LogP contribution in [0, 0.1) is 0 Å². The molecule has 21 heavy (non-hydrogen) atoms. The summed E-state index contributed by atoms with van der Waals surface area (Å²) in [5.74, 6) is -0.839. The van der Waals surface area contributed by atoms with Crippen LogP contribution in [0.25, 0.3) is 11.0 Å². The second-order valence-corrected chi connectivity index (χ2v) is 7.54. The molecular formula is C13H15N3O3S2.